The molecule has 0 radical (unpaired) electrons. The number of aromatic nitrogens is 3. The van der Waals surface area contributed by atoms with Crippen LogP contribution in [0.15, 0.2) is 48.8 Å². The van der Waals surface area contributed by atoms with E-state index in [1.807, 2.05) is 0 Å². The van der Waals surface area contributed by atoms with Gasteiger partial charge in [0.2, 0.25) is 0 Å². The summed E-state index contributed by atoms with van der Waals surface area (Å²) in [6.07, 6.45) is -3.43. The van der Waals surface area contributed by atoms with E-state index in [0.717, 1.165) is 16.4 Å². The fourth-order valence-corrected chi connectivity index (χ4v) is 2.87. The number of ether oxygens (including phenoxy) is 1. The molecule has 0 saturated heterocycles. The van der Waals surface area contributed by atoms with Crippen molar-refractivity contribution in [2.75, 3.05) is 18.5 Å². The molecule has 0 atom stereocenters. The molecular formula is C20H17ClF3N5O3. The van der Waals surface area contributed by atoms with Gasteiger partial charge >= 0.3 is 12.3 Å². The first-order chi connectivity index (χ1) is 15.2. The summed E-state index contributed by atoms with van der Waals surface area (Å²) < 4.78 is 45.9. The van der Waals surface area contributed by atoms with E-state index in [0.29, 0.717) is 5.69 Å². The molecule has 168 valence electrons. The van der Waals surface area contributed by atoms with Gasteiger partial charge in [-0.1, -0.05) is 29.8 Å². The van der Waals surface area contributed by atoms with Crippen molar-refractivity contribution in [3.8, 4) is 5.82 Å². The van der Waals surface area contributed by atoms with Crippen LogP contribution >= 0.6 is 11.6 Å². The molecule has 0 fully saturated rings. The maximum absolute atomic E-state index is 13.4. The van der Waals surface area contributed by atoms with Crippen molar-refractivity contribution in [3.05, 3.63) is 70.6 Å². The van der Waals surface area contributed by atoms with Crippen molar-refractivity contribution in [3.63, 3.8) is 0 Å². The molecular weight excluding hydrogens is 451 g/mol. The average molecular weight is 468 g/mol. The Labute approximate surface area is 185 Å². The van der Waals surface area contributed by atoms with Crippen molar-refractivity contribution in [1.29, 1.82) is 0 Å². The van der Waals surface area contributed by atoms with Crippen molar-refractivity contribution in [1.82, 2.24) is 20.1 Å². The summed E-state index contributed by atoms with van der Waals surface area (Å²) in [6, 6.07) is 9.95. The van der Waals surface area contributed by atoms with Gasteiger partial charge in [0.15, 0.2) is 11.5 Å². The Balaban J connectivity index is 1.63. The Morgan fingerprint density at radius 2 is 1.94 bits per heavy atom. The highest BCUT2D eigenvalue weighted by Crippen LogP contribution is 2.32. The van der Waals surface area contributed by atoms with Crippen molar-refractivity contribution in [2.24, 2.45) is 0 Å². The molecule has 3 rings (SSSR count). The molecule has 12 heteroatoms. The Hall–Kier alpha value is -3.60. The number of amides is 2. The zero-order chi connectivity index (χ0) is 23.3. The summed E-state index contributed by atoms with van der Waals surface area (Å²) in [4.78, 5) is 28.1. The van der Waals surface area contributed by atoms with Crippen LogP contribution in [-0.2, 0) is 10.9 Å². The second-order valence-corrected chi connectivity index (χ2v) is 6.88. The van der Waals surface area contributed by atoms with E-state index in [4.69, 9.17) is 16.3 Å². The number of hydrogen-bond acceptors (Lipinski definition) is 5. The van der Waals surface area contributed by atoms with E-state index in [1.54, 1.807) is 31.2 Å². The lowest BCUT2D eigenvalue weighted by atomic mass is 10.2. The van der Waals surface area contributed by atoms with Gasteiger partial charge in [0, 0.05) is 18.1 Å². The molecule has 8 nitrogen and oxygen atoms in total. The number of benzene rings is 1. The van der Waals surface area contributed by atoms with Crippen LogP contribution in [0.4, 0.5) is 23.7 Å². The maximum Gasteiger partial charge on any atom is 0.435 e. The number of aryl methyl sites for hydroxylation is 1. The molecule has 0 unspecified atom stereocenters. The molecule has 0 aliphatic carbocycles. The largest absolute Gasteiger partial charge is 0.447 e. The molecule has 0 aliphatic heterocycles. The molecule has 2 heterocycles. The van der Waals surface area contributed by atoms with E-state index >= 15 is 0 Å². The monoisotopic (exact) mass is 467 g/mol. The van der Waals surface area contributed by atoms with Crippen LogP contribution in [0.5, 0.6) is 0 Å². The smallest absolute Gasteiger partial charge is 0.435 e. The second-order valence-electron chi connectivity index (χ2n) is 6.47. The molecule has 2 N–H and O–H groups in total. The summed E-state index contributed by atoms with van der Waals surface area (Å²) in [5.74, 6) is -1.10. The highest BCUT2D eigenvalue weighted by Gasteiger charge is 2.39. The standard InChI is InChI=1S/C20H17ClF3N5O3/c1-12-5-2-3-7-15(12)27-19(31)32-10-9-26-18(30)13-11-29(28-16(13)20(22,23)24)17-14(21)6-4-8-25-17/h2-8,11H,9-10H2,1H3,(H,26,30)(H,27,31). The molecule has 2 amide bonds. The van der Waals surface area contributed by atoms with Crippen LogP contribution in [0.2, 0.25) is 5.02 Å². The van der Waals surface area contributed by atoms with Crippen LogP contribution < -0.4 is 10.6 Å². The third-order valence-electron chi connectivity index (χ3n) is 4.19. The molecule has 0 saturated carbocycles. The Morgan fingerprint density at radius 1 is 1.19 bits per heavy atom. The number of nitrogens with one attached hydrogen (secondary N) is 2. The first-order valence-electron chi connectivity index (χ1n) is 9.22. The predicted octanol–water partition coefficient (Wildman–Crippen LogP) is 4.23. The van der Waals surface area contributed by atoms with E-state index in [1.165, 1.54) is 18.3 Å². The average Bonchev–Trinajstić information content (AvgIpc) is 3.19. The second kappa shape index (κ2) is 9.69. The zero-order valence-corrected chi connectivity index (χ0v) is 17.4. The quantitative estimate of drug-likeness (QED) is 0.529. The van der Waals surface area contributed by atoms with Gasteiger partial charge in [-0.3, -0.25) is 10.1 Å². The number of anilines is 1. The predicted molar refractivity (Wildman–Crippen MR) is 110 cm³/mol. The number of para-hydroxylation sites is 1. The van der Waals surface area contributed by atoms with Crippen molar-refractivity contribution < 1.29 is 27.5 Å². The maximum atomic E-state index is 13.4. The minimum Gasteiger partial charge on any atom is -0.447 e. The van der Waals surface area contributed by atoms with Gasteiger partial charge in [0.25, 0.3) is 5.91 Å². The summed E-state index contributed by atoms with van der Waals surface area (Å²) in [5.41, 5.74) is -0.738. The lowest BCUT2D eigenvalue weighted by Gasteiger charge is -2.10. The van der Waals surface area contributed by atoms with E-state index in [2.05, 4.69) is 20.7 Å². The number of nitrogens with zero attached hydrogens (tertiary/aromatic N) is 3. The lowest BCUT2D eigenvalue weighted by Crippen LogP contribution is -2.30. The SMILES string of the molecule is Cc1ccccc1NC(=O)OCCNC(=O)c1cn(-c2ncccc2Cl)nc1C(F)(F)F. The number of rotatable bonds is 6. The van der Waals surface area contributed by atoms with Crippen LogP contribution in [0.25, 0.3) is 5.82 Å². The third kappa shape index (κ3) is 5.55. The molecule has 2 aromatic heterocycles. The Bertz CT molecular complexity index is 1130. The van der Waals surface area contributed by atoms with E-state index in [-0.39, 0.29) is 24.0 Å². The number of carbonyl (C=O) groups is 2. The number of carbonyl (C=O) groups excluding carboxylic acids is 2. The van der Waals surface area contributed by atoms with Gasteiger partial charge in [0.1, 0.15) is 6.61 Å². The highest BCUT2D eigenvalue weighted by atomic mass is 35.5. The third-order valence-corrected chi connectivity index (χ3v) is 4.48. The normalized spacial score (nSPS) is 11.2. The molecule has 32 heavy (non-hydrogen) atoms. The summed E-state index contributed by atoms with van der Waals surface area (Å²) in [6.45, 7) is 1.32. The van der Waals surface area contributed by atoms with Gasteiger partial charge in [-0.25, -0.2) is 14.5 Å². The summed E-state index contributed by atoms with van der Waals surface area (Å²) in [5, 5.41) is 8.29. The molecule has 3 aromatic rings. The van der Waals surface area contributed by atoms with Gasteiger partial charge in [-0.2, -0.15) is 18.3 Å². The molecule has 0 bridgehead atoms. The Kier molecular flexibility index (Phi) is 6.98. The number of hydrogen-bond donors (Lipinski definition) is 2. The highest BCUT2D eigenvalue weighted by molar-refractivity contribution is 6.32. The van der Waals surface area contributed by atoms with E-state index in [9.17, 15) is 22.8 Å². The minimum absolute atomic E-state index is 0.0590. The van der Waals surface area contributed by atoms with Crippen LogP contribution in [0.1, 0.15) is 21.6 Å². The van der Waals surface area contributed by atoms with Crippen LogP contribution in [0, 0.1) is 6.92 Å². The molecule has 1 aromatic carbocycles. The minimum atomic E-state index is -4.89. The fourth-order valence-electron chi connectivity index (χ4n) is 2.67. The molecule has 0 spiro atoms. The lowest BCUT2D eigenvalue weighted by molar-refractivity contribution is -0.141. The first-order valence-corrected chi connectivity index (χ1v) is 9.60. The van der Waals surface area contributed by atoms with Gasteiger partial charge in [-0.15, -0.1) is 0 Å². The Morgan fingerprint density at radius 3 is 2.62 bits per heavy atom. The summed E-state index contributed by atoms with van der Waals surface area (Å²) >= 11 is 5.95. The van der Waals surface area contributed by atoms with Gasteiger partial charge < -0.3 is 10.1 Å². The zero-order valence-electron chi connectivity index (χ0n) is 16.6. The van der Waals surface area contributed by atoms with Crippen molar-refractivity contribution >= 4 is 29.3 Å². The van der Waals surface area contributed by atoms with Crippen molar-refractivity contribution in [2.45, 2.75) is 13.1 Å². The number of alkyl halides is 3. The van der Waals surface area contributed by atoms with Crippen LogP contribution in [-0.4, -0.2) is 39.9 Å². The van der Waals surface area contributed by atoms with Gasteiger partial charge in [0.05, 0.1) is 17.1 Å². The number of halogens is 4. The van der Waals surface area contributed by atoms with Gasteiger partial charge in [-0.05, 0) is 30.7 Å². The van der Waals surface area contributed by atoms with E-state index < -0.39 is 29.4 Å². The summed E-state index contributed by atoms with van der Waals surface area (Å²) in [7, 11) is 0. The fraction of sp³-hybridized carbons (Fsp3) is 0.200. The topological polar surface area (TPSA) is 98.1 Å². The van der Waals surface area contributed by atoms with Crippen LogP contribution in [0.3, 0.4) is 0 Å². The first kappa shape index (κ1) is 23.1. The number of pyridine rings is 1. The molecule has 0 aliphatic rings.